The van der Waals surface area contributed by atoms with Crippen LogP contribution in [-0.2, 0) is 4.79 Å². The monoisotopic (exact) mass is 340 g/mol. The third-order valence-electron chi connectivity index (χ3n) is 3.58. The number of thiophene rings is 1. The van der Waals surface area contributed by atoms with Gasteiger partial charge >= 0.3 is 0 Å². The molecular weight excluding hydrogens is 323 g/mol. The summed E-state index contributed by atoms with van der Waals surface area (Å²) >= 11 is 1.59. The Morgan fingerprint density at radius 2 is 1.75 bits per heavy atom. The lowest BCUT2D eigenvalue weighted by Crippen LogP contribution is -2.33. The van der Waals surface area contributed by atoms with Crippen molar-refractivity contribution in [3.63, 3.8) is 0 Å². The maximum Gasteiger partial charge on any atom is 0.240 e. The summed E-state index contributed by atoms with van der Waals surface area (Å²) in [5, 5.41) is 7.82. The van der Waals surface area contributed by atoms with E-state index in [9.17, 15) is 9.18 Å². The van der Waals surface area contributed by atoms with Gasteiger partial charge in [0.25, 0.3) is 0 Å². The van der Waals surface area contributed by atoms with Crippen LogP contribution in [0.25, 0.3) is 0 Å². The highest BCUT2D eigenvalue weighted by Gasteiger charge is 2.17. The molecule has 0 saturated carbocycles. The Labute approximate surface area is 144 Å². The Kier molecular flexibility index (Phi) is 5.23. The number of carbonyl (C=O) groups excluding carboxylic acids is 1. The molecule has 0 aliphatic rings. The number of carbonyl (C=O) groups is 1. The van der Waals surface area contributed by atoms with Crippen molar-refractivity contribution in [2.24, 2.45) is 0 Å². The standard InChI is InChI=1S/C19H17FN2OS/c20-15-9-4-5-10-16(15)21-13-18(23)22-19(17-11-6-12-24-17)14-7-2-1-3-8-14/h1-12,19,21H,13H2,(H,22,23). The highest BCUT2D eigenvalue weighted by atomic mass is 32.1. The fraction of sp³-hybridized carbons (Fsp3) is 0.105. The number of para-hydroxylation sites is 1. The molecule has 5 heteroatoms. The number of hydrogen-bond donors (Lipinski definition) is 2. The summed E-state index contributed by atoms with van der Waals surface area (Å²) in [6.45, 7) is 0.00957. The van der Waals surface area contributed by atoms with Gasteiger partial charge in [0, 0.05) is 4.88 Å². The molecule has 2 N–H and O–H groups in total. The Balaban J connectivity index is 1.69. The van der Waals surface area contributed by atoms with Crippen molar-refractivity contribution in [3.05, 3.63) is 88.4 Å². The second kappa shape index (κ2) is 7.75. The first kappa shape index (κ1) is 16.2. The van der Waals surface area contributed by atoms with E-state index in [2.05, 4.69) is 10.6 Å². The van der Waals surface area contributed by atoms with Gasteiger partial charge in [0.2, 0.25) is 5.91 Å². The van der Waals surface area contributed by atoms with E-state index in [0.717, 1.165) is 10.4 Å². The zero-order valence-electron chi connectivity index (χ0n) is 12.9. The summed E-state index contributed by atoms with van der Waals surface area (Å²) in [4.78, 5) is 13.4. The van der Waals surface area contributed by atoms with Crippen molar-refractivity contribution >= 4 is 22.9 Å². The van der Waals surface area contributed by atoms with E-state index >= 15 is 0 Å². The summed E-state index contributed by atoms with van der Waals surface area (Å²) in [5.74, 6) is -0.566. The molecule has 24 heavy (non-hydrogen) atoms. The molecule has 3 nitrogen and oxygen atoms in total. The Morgan fingerprint density at radius 3 is 2.46 bits per heavy atom. The summed E-state index contributed by atoms with van der Waals surface area (Å²) in [6, 6.07) is 19.8. The number of rotatable bonds is 6. The van der Waals surface area contributed by atoms with Crippen molar-refractivity contribution in [2.75, 3.05) is 11.9 Å². The molecule has 1 atom stereocenters. The van der Waals surface area contributed by atoms with Crippen molar-refractivity contribution in [3.8, 4) is 0 Å². The van der Waals surface area contributed by atoms with Crippen LogP contribution >= 0.6 is 11.3 Å². The van der Waals surface area contributed by atoms with E-state index in [-0.39, 0.29) is 24.3 Å². The molecule has 1 heterocycles. The van der Waals surface area contributed by atoms with E-state index in [1.54, 1.807) is 29.5 Å². The van der Waals surface area contributed by atoms with Crippen molar-refractivity contribution in [2.45, 2.75) is 6.04 Å². The van der Waals surface area contributed by atoms with E-state index in [1.165, 1.54) is 6.07 Å². The molecule has 0 aliphatic carbocycles. The number of amides is 1. The molecule has 0 radical (unpaired) electrons. The lowest BCUT2D eigenvalue weighted by molar-refractivity contribution is -0.119. The molecule has 0 spiro atoms. The van der Waals surface area contributed by atoms with Crippen LogP contribution in [0.2, 0.25) is 0 Å². The highest BCUT2D eigenvalue weighted by molar-refractivity contribution is 7.10. The highest BCUT2D eigenvalue weighted by Crippen LogP contribution is 2.25. The van der Waals surface area contributed by atoms with Gasteiger partial charge < -0.3 is 10.6 Å². The van der Waals surface area contributed by atoms with E-state index in [1.807, 2.05) is 47.8 Å². The molecule has 0 saturated heterocycles. The maximum atomic E-state index is 13.6. The minimum atomic E-state index is -0.372. The number of halogens is 1. The van der Waals surface area contributed by atoms with Crippen molar-refractivity contribution < 1.29 is 9.18 Å². The number of anilines is 1. The van der Waals surface area contributed by atoms with E-state index in [4.69, 9.17) is 0 Å². The average molecular weight is 340 g/mol. The second-order valence-corrected chi connectivity index (χ2v) is 6.24. The SMILES string of the molecule is O=C(CNc1ccccc1F)NC(c1ccccc1)c1cccs1. The fourth-order valence-corrected chi connectivity index (χ4v) is 3.21. The maximum absolute atomic E-state index is 13.6. The molecule has 122 valence electrons. The predicted octanol–water partition coefficient (Wildman–Crippen LogP) is 4.20. The number of nitrogens with one attached hydrogen (secondary N) is 2. The number of hydrogen-bond acceptors (Lipinski definition) is 3. The summed E-state index contributed by atoms with van der Waals surface area (Å²) in [7, 11) is 0. The summed E-state index contributed by atoms with van der Waals surface area (Å²) in [6.07, 6.45) is 0. The number of benzene rings is 2. The largest absolute Gasteiger partial charge is 0.374 e. The van der Waals surface area contributed by atoms with Crippen LogP contribution in [0.4, 0.5) is 10.1 Å². The zero-order valence-corrected chi connectivity index (χ0v) is 13.7. The van der Waals surface area contributed by atoms with E-state index in [0.29, 0.717) is 5.69 Å². The van der Waals surface area contributed by atoms with Gasteiger partial charge in [0.1, 0.15) is 5.82 Å². The second-order valence-electron chi connectivity index (χ2n) is 5.26. The molecule has 1 unspecified atom stereocenters. The van der Waals surface area contributed by atoms with Gasteiger partial charge in [0.05, 0.1) is 18.3 Å². The van der Waals surface area contributed by atoms with Gasteiger partial charge in [-0.1, -0.05) is 48.5 Å². The van der Waals surface area contributed by atoms with Gasteiger partial charge in [0.15, 0.2) is 0 Å². The van der Waals surface area contributed by atoms with Crippen LogP contribution in [0.15, 0.2) is 72.1 Å². The quantitative estimate of drug-likeness (QED) is 0.706. The Morgan fingerprint density at radius 1 is 1.00 bits per heavy atom. The summed E-state index contributed by atoms with van der Waals surface area (Å²) < 4.78 is 13.6. The van der Waals surface area contributed by atoms with Crippen LogP contribution < -0.4 is 10.6 Å². The molecule has 1 aromatic heterocycles. The van der Waals surface area contributed by atoms with Gasteiger partial charge in [-0.15, -0.1) is 11.3 Å². The normalized spacial score (nSPS) is 11.7. The minimum Gasteiger partial charge on any atom is -0.374 e. The smallest absolute Gasteiger partial charge is 0.240 e. The predicted molar refractivity (Wildman–Crippen MR) is 95.6 cm³/mol. The minimum absolute atomic E-state index is 0.00957. The lowest BCUT2D eigenvalue weighted by Gasteiger charge is -2.18. The first-order chi connectivity index (χ1) is 11.7. The van der Waals surface area contributed by atoms with Crippen molar-refractivity contribution in [1.29, 1.82) is 0 Å². The Bertz CT molecular complexity index is 790. The van der Waals surface area contributed by atoms with Gasteiger partial charge in [-0.2, -0.15) is 0 Å². The Hall–Kier alpha value is -2.66. The topological polar surface area (TPSA) is 41.1 Å². The molecule has 3 aromatic rings. The molecule has 0 bridgehead atoms. The average Bonchev–Trinajstić information content (AvgIpc) is 3.14. The molecule has 0 fully saturated rings. The molecule has 2 aromatic carbocycles. The van der Waals surface area contributed by atoms with Gasteiger partial charge in [-0.25, -0.2) is 4.39 Å². The fourth-order valence-electron chi connectivity index (χ4n) is 2.41. The van der Waals surface area contributed by atoms with Gasteiger partial charge in [-0.3, -0.25) is 4.79 Å². The van der Waals surface area contributed by atoms with Crippen LogP contribution in [0.1, 0.15) is 16.5 Å². The van der Waals surface area contributed by atoms with E-state index < -0.39 is 0 Å². The van der Waals surface area contributed by atoms with Gasteiger partial charge in [-0.05, 0) is 29.1 Å². The van der Waals surface area contributed by atoms with Crippen LogP contribution in [0.3, 0.4) is 0 Å². The molecular formula is C19H17FN2OS. The van der Waals surface area contributed by atoms with Crippen LogP contribution in [-0.4, -0.2) is 12.5 Å². The third-order valence-corrected chi connectivity index (χ3v) is 4.52. The third kappa shape index (κ3) is 4.00. The van der Waals surface area contributed by atoms with Crippen molar-refractivity contribution in [1.82, 2.24) is 5.32 Å². The lowest BCUT2D eigenvalue weighted by atomic mass is 10.1. The van der Waals surface area contributed by atoms with Crippen LogP contribution in [0, 0.1) is 5.82 Å². The molecule has 3 rings (SSSR count). The first-order valence-corrected chi connectivity index (χ1v) is 8.48. The summed E-state index contributed by atoms with van der Waals surface area (Å²) in [5.41, 5.74) is 1.33. The zero-order chi connectivity index (χ0) is 16.8. The molecule has 1 amide bonds. The van der Waals surface area contributed by atoms with Crippen LogP contribution in [0.5, 0.6) is 0 Å². The first-order valence-electron chi connectivity index (χ1n) is 7.60. The molecule has 0 aliphatic heterocycles.